The number of carbonyl (C=O) groups is 1. The summed E-state index contributed by atoms with van der Waals surface area (Å²) in [5.41, 5.74) is 4.21. The van der Waals surface area contributed by atoms with Crippen molar-refractivity contribution in [3.8, 4) is 11.1 Å². The largest absolute Gasteiger partial charge is 0.353 e. The number of aromatic nitrogens is 2. The van der Waals surface area contributed by atoms with E-state index in [0.717, 1.165) is 43.6 Å². The van der Waals surface area contributed by atoms with Crippen molar-refractivity contribution in [2.75, 3.05) is 13.1 Å². The van der Waals surface area contributed by atoms with Gasteiger partial charge in [0.2, 0.25) is 5.91 Å². The van der Waals surface area contributed by atoms with Gasteiger partial charge in [-0.2, -0.15) is 0 Å². The lowest BCUT2D eigenvalue weighted by molar-refractivity contribution is -0.135. The predicted octanol–water partition coefficient (Wildman–Crippen LogP) is 4.49. The highest BCUT2D eigenvalue weighted by Crippen LogP contribution is 2.37. The quantitative estimate of drug-likeness (QED) is 0.602. The molecule has 1 amide bonds. The number of hydrogen-bond acceptors (Lipinski definition) is 4. The smallest absolute Gasteiger partial charge is 0.228 e. The summed E-state index contributed by atoms with van der Waals surface area (Å²) in [5, 5.41) is 3.23. The van der Waals surface area contributed by atoms with Crippen LogP contribution in [0.5, 0.6) is 0 Å². The van der Waals surface area contributed by atoms with Gasteiger partial charge in [-0.1, -0.05) is 30.3 Å². The molecule has 0 bridgehead atoms. The summed E-state index contributed by atoms with van der Waals surface area (Å²) >= 11 is 0. The van der Waals surface area contributed by atoms with Crippen molar-refractivity contribution in [1.82, 2.24) is 20.2 Å². The van der Waals surface area contributed by atoms with Gasteiger partial charge in [-0.15, -0.1) is 0 Å². The topological polar surface area (TPSA) is 58.1 Å². The Hall–Kier alpha value is -3.05. The third kappa shape index (κ3) is 5.22. The Morgan fingerprint density at radius 3 is 2.62 bits per heavy atom. The molecule has 0 unspecified atom stereocenters. The van der Waals surface area contributed by atoms with Crippen LogP contribution in [0.2, 0.25) is 0 Å². The van der Waals surface area contributed by atoms with E-state index in [4.69, 9.17) is 0 Å². The Morgan fingerprint density at radius 2 is 1.88 bits per heavy atom. The van der Waals surface area contributed by atoms with E-state index in [9.17, 15) is 4.79 Å². The Balaban J connectivity index is 1.65. The molecule has 1 aromatic carbocycles. The number of rotatable bonds is 7. The molecule has 1 aliphatic rings. The zero-order valence-corrected chi connectivity index (χ0v) is 19.0. The van der Waals surface area contributed by atoms with E-state index in [-0.39, 0.29) is 11.9 Å². The molecule has 4 rings (SSSR count). The van der Waals surface area contributed by atoms with Crippen molar-refractivity contribution in [3.05, 3.63) is 84.4 Å². The first-order valence-corrected chi connectivity index (χ1v) is 11.5. The van der Waals surface area contributed by atoms with Gasteiger partial charge in [0.05, 0.1) is 5.41 Å². The maximum absolute atomic E-state index is 13.6. The monoisotopic (exact) mass is 428 g/mol. The van der Waals surface area contributed by atoms with E-state index in [1.807, 2.05) is 38.5 Å². The molecule has 2 aromatic heterocycles. The highest BCUT2D eigenvalue weighted by Gasteiger charge is 2.42. The molecule has 0 saturated carbocycles. The van der Waals surface area contributed by atoms with Gasteiger partial charge < -0.3 is 5.32 Å². The number of pyridine rings is 2. The second kappa shape index (κ2) is 10.0. The maximum atomic E-state index is 13.6. The van der Waals surface area contributed by atoms with Gasteiger partial charge in [0, 0.05) is 49.5 Å². The zero-order chi connectivity index (χ0) is 22.4. The fourth-order valence-electron chi connectivity index (χ4n) is 4.78. The first kappa shape index (κ1) is 22.2. The van der Waals surface area contributed by atoms with Gasteiger partial charge in [0.1, 0.15) is 0 Å². The molecular formula is C27H32N4O. The highest BCUT2D eigenvalue weighted by atomic mass is 16.2. The molecule has 0 radical (unpaired) electrons. The Morgan fingerprint density at radius 1 is 1.06 bits per heavy atom. The lowest BCUT2D eigenvalue weighted by Crippen LogP contribution is -2.54. The van der Waals surface area contributed by atoms with Crippen LogP contribution >= 0.6 is 0 Å². The van der Waals surface area contributed by atoms with Crippen LogP contribution in [0.25, 0.3) is 11.1 Å². The number of nitrogens with zero attached hydrogens (tertiary/aromatic N) is 3. The summed E-state index contributed by atoms with van der Waals surface area (Å²) in [5.74, 6) is 0.160. The standard InChI is InChI=1S/C27H32N4O/c1-21(2)30-26(32)27(12-6-16-31(20-27)19-22-10-14-28-15-11-22)17-23-7-3-4-9-25(23)24-8-5-13-29-18-24/h3-5,7-11,13-15,18,21H,6,12,16-17,19-20H2,1-2H3,(H,30,32)/t27-/m0/s1. The van der Waals surface area contributed by atoms with E-state index < -0.39 is 5.41 Å². The third-order valence-corrected chi connectivity index (χ3v) is 6.23. The molecule has 0 spiro atoms. The number of hydrogen-bond donors (Lipinski definition) is 1. The summed E-state index contributed by atoms with van der Waals surface area (Å²) < 4.78 is 0. The molecule has 0 aliphatic carbocycles. The summed E-state index contributed by atoms with van der Waals surface area (Å²) in [6.45, 7) is 6.65. The molecule has 1 N–H and O–H groups in total. The molecule has 1 saturated heterocycles. The van der Waals surface area contributed by atoms with Crippen LogP contribution in [0.4, 0.5) is 0 Å². The van der Waals surface area contributed by atoms with Crippen LogP contribution in [-0.2, 0) is 17.8 Å². The molecular weight excluding hydrogens is 396 g/mol. The predicted molar refractivity (Wildman–Crippen MR) is 128 cm³/mol. The molecule has 1 aliphatic heterocycles. The summed E-state index contributed by atoms with van der Waals surface area (Å²) in [4.78, 5) is 24.5. The van der Waals surface area contributed by atoms with E-state index in [2.05, 4.69) is 62.6 Å². The summed E-state index contributed by atoms with van der Waals surface area (Å²) in [7, 11) is 0. The van der Waals surface area contributed by atoms with Crippen LogP contribution < -0.4 is 5.32 Å². The van der Waals surface area contributed by atoms with Crippen molar-refractivity contribution < 1.29 is 4.79 Å². The molecule has 3 heterocycles. The molecule has 32 heavy (non-hydrogen) atoms. The summed E-state index contributed by atoms with van der Waals surface area (Å²) in [6.07, 6.45) is 9.97. The minimum absolute atomic E-state index is 0.114. The van der Waals surface area contributed by atoms with Gasteiger partial charge in [-0.05, 0) is 74.5 Å². The zero-order valence-electron chi connectivity index (χ0n) is 19.0. The second-order valence-corrected chi connectivity index (χ2v) is 9.15. The molecule has 1 fully saturated rings. The summed E-state index contributed by atoms with van der Waals surface area (Å²) in [6, 6.07) is 16.7. The number of benzene rings is 1. The third-order valence-electron chi connectivity index (χ3n) is 6.23. The SMILES string of the molecule is CC(C)NC(=O)[C@]1(Cc2ccccc2-c2cccnc2)CCCN(Cc2ccncc2)C1. The lowest BCUT2D eigenvalue weighted by Gasteiger charge is -2.42. The van der Waals surface area contributed by atoms with E-state index >= 15 is 0 Å². The van der Waals surface area contributed by atoms with Gasteiger partial charge in [0.15, 0.2) is 0 Å². The van der Waals surface area contributed by atoms with Crippen LogP contribution in [-0.4, -0.2) is 39.9 Å². The normalized spacial score (nSPS) is 19.1. The van der Waals surface area contributed by atoms with Crippen molar-refractivity contribution in [1.29, 1.82) is 0 Å². The van der Waals surface area contributed by atoms with Crippen LogP contribution in [0, 0.1) is 5.41 Å². The van der Waals surface area contributed by atoms with Gasteiger partial charge in [0.25, 0.3) is 0 Å². The van der Waals surface area contributed by atoms with E-state index in [1.165, 1.54) is 11.1 Å². The fraction of sp³-hybridized carbons (Fsp3) is 0.370. The number of amides is 1. The first-order chi connectivity index (χ1) is 15.6. The minimum Gasteiger partial charge on any atom is -0.353 e. The van der Waals surface area contributed by atoms with E-state index in [1.54, 1.807) is 6.20 Å². The lowest BCUT2D eigenvalue weighted by atomic mass is 9.73. The van der Waals surface area contributed by atoms with E-state index in [0.29, 0.717) is 6.42 Å². The molecule has 166 valence electrons. The Labute approximate surface area is 190 Å². The fourth-order valence-corrected chi connectivity index (χ4v) is 4.78. The van der Waals surface area contributed by atoms with Crippen molar-refractivity contribution in [2.45, 2.75) is 45.7 Å². The molecule has 1 atom stereocenters. The van der Waals surface area contributed by atoms with Crippen molar-refractivity contribution in [2.24, 2.45) is 5.41 Å². The van der Waals surface area contributed by atoms with Gasteiger partial charge in [-0.3, -0.25) is 19.7 Å². The number of carbonyl (C=O) groups excluding carboxylic acids is 1. The van der Waals surface area contributed by atoms with Gasteiger partial charge in [-0.25, -0.2) is 0 Å². The number of nitrogens with one attached hydrogen (secondary N) is 1. The number of piperidine rings is 1. The van der Waals surface area contributed by atoms with Crippen molar-refractivity contribution in [3.63, 3.8) is 0 Å². The van der Waals surface area contributed by atoms with Gasteiger partial charge >= 0.3 is 0 Å². The minimum atomic E-state index is -0.464. The maximum Gasteiger partial charge on any atom is 0.228 e. The second-order valence-electron chi connectivity index (χ2n) is 9.15. The first-order valence-electron chi connectivity index (χ1n) is 11.5. The molecule has 5 heteroatoms. The average Bonchev–Trinajstić information content (AvgIpc) is 2.80. The molecule has 5 nitrogen and oxygen atoms in total. The van der Waals surface area contributed by atoms with Crippen LogP contribution in [0.15, 0.2) is 73.3 Å². The number of likely N-dealkylation sites (tertiary alicyclic amines) is 1. The highest BCUT2D eigenvalue weighted by molar-refractivity contribution is 5.84. The van der Waals surface area contributed by atoms with Crippen LogP contribution in [0.3, 0.4) is 0 Å². The van der Waals surface area contributed by atoms with Crippen LogP contribution in [0.1, 0.15) is 37.8 Å². The van der Waals surface area contributed by atoms with Crippen molar-refractivity contribution >= 4 is 5.91 Å². The molecule has 3 aromatic rings. The Kier molecular flexibility index (Phi) is 6.96. The average molecular weight is 429 g/mol. The Bertz CT molecular complexity index is 1020.